The highest BCUT2D eigenvalue weighted by atomic mass is 16.5. The molecule has 14 heavy (non-hydrogen) atoms. The quantitative estimate of drug-likeness (QED) is 0.641. The summed E-state index contributed by atoms with van der Waals surface area (Å²) in [6, 6.07) is 0. The molecule has 0 unspecified atom stereocenters. The number of hydrogen-bond donors (Lipinski definition) is 2. The molecular weight excluding hydrogens is 184 g/mol. The number of rotatable bonds is 6. The summed E-state index contributed by atoms with van der Waals surface area (Å²) in [5, 5.41) is 18.0. The molecule has 0 radical (unpaired) electrons. The van der Waals surface area contributed by atoms with E-state index in [1.54, 1.807) is 6.92 Å². The largest absolute Gasteiger partial charge is 0.396 e. The lowest BCUT2D eigenvalue weighted by Crippen LogP contribution is -2.44. The van der Waals surface area contributed by atoms with E-state index in [4.69, 9.17) is 19.7 Å². The van der Waals surface area contributed by atoms with Gasteiger partial charge in [-0.05, 0) is 0 Å². The highest BCUT2D eigenvalue weighted by molar-refractivity contribution is 4.81. The highest BCUT2D eigenvalue weighted by Gasteiger charge is 2.34. The van der Waals surface area contributed by atoms with E-state index in [9.17, 15) is 0 Å². The van der Waals surface area contributed by atoms with E-state index in [1.807, 2.05) is 0 Å². The first-order chi connectivity index (χ1) is 6.54. The van der Waals surface area contributed by atoms with Crippen molar-refractivity contribution >= 4 is 0 Å². The van der Waals surface area contributed by atoms with Crippen molar-refractivity contribution in [1.29, 1.82) is 0 Å². The molecule has 0 saturated carbocycles. The zero-order valence-electron chi connectivity index (χ0n) is 8.95. The predicted molar refractivity (Wildman–Crippen MR) is 52.0 cm³/mol. The molecule has 1 fully saturated rings. The van der Waals surface area contributed by atoms with Gasteiger partial charge < -0.3 is 19.7 Å². The van der Waals surface area contributed by atoms with Crippen LogP contribution in [0.2, 0.25) is 0 Å². The van der Waals surface area contributed by atoms with Gasteiger partial charge in [-0.15, -0.1) is 0 Å². The van der Waals surface area contributed by atoms with Crippen molar-refractivity contribution in [2.45, 2.75) is 13.8 Å². The zero-order chi connectivity index (χ0) is 10.7. The molecule has 1 rings (SSSR count). The van der Waals surface area contributed by atoms with Gasteiger partial charge in [-0.3, -0.25) is 0 Å². The van der Waals surface area contributed by atoms with Crippen LogP contribution in [0.5, 0.6) is 0 Å². The van der Waals surface area contributed by atoms with E-state index in [-0.39, 0.29) is 18.6 Å². The molecule has 0 bridgehead atoms. The lowest BCUT2D eigenvalue weighted by molar-refractivity contribution is -0.148. The van der Waals surface area contributed by atoms with Crippen LogP contribution in [0.3, 0.4) is 0 Å². The molecular formula is C10H20O4. The molecule has 0 amide bonds. The van der Waals surface area contributed by atoms with Crippen LogP contribution in [0.15, 0.2) is 0 Å². The third-order valence-electron chi connectivity index (χ3n) is 2.57. The van der Waals surface area contributed by atoms with Crippen molar-refractivity contribution in [1.82, 2.24) is 0 Å². The van der Waals surface area contributed by atoms with E-state index in [1.165, 1.54) is 0 Å². The van der Waals surface area contributed by atoms with E-state index < -0.39 is 5.41 Å². The van der Waals surface area contributed by atoms with Gasteiger partial charge in [-0.2, -0.15) is 0 Å². The fourth-order valence-corrected chi connectivity index (χ4v) is 1.22. The fraction of sp³-hybridized carbons (Fsp3) is 1.00. The summed E-state index contributed by atoms with van der Waals surface area (Å²) >= 11 is 0. The van der Waals surface area contributed by atoms with Crippen molar-refractivity contribution in [2.75, 3.05) is 39.6 Å². The average Bonchev–Trinajstić information content (AvgIpc) is 2.15. The number of hydrogen-bond acceptors (Lipinski definition) is 4. The zero-order valence-corrected chi connectivity index (χ0v) is 8.95. The van der Waals surface area contributed by atoms with Crippen molar-refractivity contribution in [3.05, 3.63) is 0 Å². The van der Waals surface area contributed by atoms with Crippen molar-refractivity contribution < 1.29 is 19.7 Å². The minimum atomic E-state index is -0.527. The van der Waals surface area contributed by atoms with Crippen LogP contribution in [-0.4, -0.2) is 49.9 Å². The summed E-state index contributed by atoms with van der Waals surface area (Å²) in [7, 11) is 0. The van der Waals surface area contributed by atoms with Crippen molar-refractivity contribution in [3.63, 3.8) is 0 Å². The standard InChI is InChI=1S/C10H20O4/c1-9(3-11,4-12)5-13-6-10(2)7-14-8-10/h11-12H,3-8H2,1-2H3. The molecule has 0 spiro atoms. The molecule has 1 aliphatic rings. The Bertz CT molecular complexity index is 173. The number of ether oxygens (including phenoxy) is 2. The maximum absolute atomic E-state index is 9.02. The summed E-state index contributed by atoms with van der Waals surface area (Å²) in [6.45, 7) is 6.27. The Hall–Kier alpha value is -0.160. The lowest BCUT2D eigenvalue weighted by atomic mass is 9.89. The minimum Gasteiger partial charge on any atom is -0.396 e. The van der Waals surface area contributed by atoms with Gasteiger partial charge in [-0.25, -0.2) is 0 Å². The van der Waals surface area contributed by atoms with Gasteiger partial charge in [0.2, 0.25) is 0 Å². The van der Waals surface area contributed by atoms with Gasteiger partial charge in [0.25, 0.3) is 0 Å². The third kappa shape index (κ3) is 2.92. The molecule has 0 atom stereocenters. The monoisotopic (exact) mass is 204 g/mol. The molecule has 4 heteroatoms. The molecule has 1 heterocycles. The maximum Gasteiger partial charge on any atom is 0.0564 e. The first-order valence-electron chi connectivity index (χ1n) is 4.91. The normalized spacial score (nSPS) is 20.6. The van der Waals surface area contributed by atoms with Gasteiger partial charge in [0.15, 0.2) is 0 Å². The summed E-state index contributed by atoms with van der Waals surface area (Å²) in [6.07, 6.45) is 0. The van der Waals surface area contributed by atoms with Crippen LogP contribution in [-0.2, 0) is 9.47 Å². The average molecular weight is 204 g/mol. The number of aliphatic hydroxyl groups excluding tert-OH is 2. The summed E-state index contributed by atoms with van der Waals surface area (Å²) in [5.74, 6) is 0. The smallest absolute Gasteiger partial charge is 0.0564 e. The molecule has 84 valence electrons. The predicted octanol–water partition coefficient (Wildman–Crippen LogP) is 0.0304. The highest BCUT2D eigenvalue weighted by Crippen LogP contribution is 2.27. The Morgan fingerprint density at radius 3 is 2.29 bits per heavy atom. The Kier molecular flexibility index (Phi) is 3.89. The summed E-state index contributed by atoms with van der Waals surface area (Å²) in [5.41, 5.74) is -0.396. The molecule has 4 nitrogen and oxygen atoms in total. The van der Waals surface area contributed by atoms with Gasteiger partial charge >= 0.3 is 0 Å². The number of aliphatic hydroxyl groups is 2. The molecule has 0 aromatic carbocycles. The second kappa shape index (κ2) is 4.57. The second-order valence-electron chi connectivity index (χ2n) is 4.92. The Morgan fingerprint density at radius 2 is 1.93 bits per heavy atom. The van der Waals surface area contributed by atoms with Crippen LogP contribution in [0.1, 0.15) is 13.8 Å². The van der Waals surface area contributed by atoms with Crippen LogP contribution < -0.4 is 0 Å². The third-order valence-corrected chi connectivity index (χ3v) is 2.57. The van der Waals surface area contributed by atoms with Crippen LogP contribution in [0.25, 0.3) is 0 Å². The Morgan fingerprint density at radius 1 is 1.36 bits per heavy atom. The van der Waals surface area contributed by atoms with E-state index in [0.29, 0.717) is 13.2 Å². The second-order valence-corrected chi connectivity index (χ2v) is 4.92. The maximum atomic E-state index is 9.02. The Balaban J connectivity index is 2.19. The van der Waals surface area contributed by atoms with E-state index in [0.717, 1.165) is 13.2 Å². The van der Waals surface area contributed by atoms with Crippen LogP contribution in [0.4, 0.5) is 0 Å². The van der Waals surface area contributed by atoms with Crippen molar-refractivity contribution in [3.8, 4) is 0 Å². The summed E-state index contributed by atoms with van der Waals surface area (Å²) < 4.78 is 10.6. The molecule has 0 aliphatic carbocycles. The summed E-state index contributed by atoms with van der Waals surface area (Å²) in [4.78, 5) is 0. The minimum absolute atomic E-state index is 0.0588. The van der Waals surface area contributed by atoms with Crippen molar-refractivity contribution in [2.24, 2.45) is 10.8 Å². The van der Waals surface area contributed by atoms with E-state index in [2.05, 4.69) is 6.92 Å². The van der Waals surface area contributed by atoms with E-state index >= 15 is 0 Å². The van der Waals surface area contributed by atoms with Gasteiger partial charge in [0, 0.05) is 10.8 Å². The van der Waals surface area contributed by atoms with Gasteiger partial charge in [0.1, 0.15) is 0 Å². The topological polar surface area (TPSA) is 58.9 Å². The lowest BCUT2D eigenvalue weighted by Gasteiger charge is -2.38. The fourth-order valence-electron chi connectivity index (χ4n) is 1.22. The van der Waals surface area contributed by atoms with Crippen LogP contribution in [0, 0.1) is 10.8 Å². The molecule has 1 aliphatic heterocycles. The first-order valence-corrected chi connectivity index (χ1v) is 4.91. The first kappa shape index (κ1) is 11.9. The van der Waals surface area contributed by atoms with Gasteiger partial charge in [0.05, 0.1) is 39.6 Å². The Labute approximate surface area is 84.8 Å². The molecule has 2 N–H and O–H groups in total. The van der Waals surface area contributed by atoms with Crippen LogP contribution >= 0.6 is 0 Å². The SMILES string of the molecule is CC(CO)(CO)COCC1(C)COC1. The molecule has 1 saturated heterocycles. The van der Waals surface area contributed by atoms with Gasteiger partial charge in [-0.1, -0.05) is 13.8 Å². The molecule has 0 aromatic rings. The molecule has 0 aromatic heterocycles.